The summed E-state index contributed by atoms with van der Waals surface area (Å²) < 4.78 is 49.0. The van der Waals surface area contributed by atoms with Gasteiger partial charge in [-0.2, -0.15) is 13.2 Å². The standard InChI is InChI=1S/C13H17BrF3NO2/c1-19-7-8-20-6-2-5-18-12-4-3-10(14)9-11(12)13(15,16)17/h3-4,9,18H,2,5-8H2,1H3. The zero-order valence-corrected chi connectivity index (χ0v) is 12.7. The van der Waals surface area contributed by atoms with Gasteiger partial charge in [-0.1, -0.05) is 15.9 Å². The molecule has 0 aliphatic carbocycles. The predicted octanol–water partition coefficient (Wildman–Crippen LogP) is 3.93. The van der Waals surface area contributed by atoms with Crippen LogP contribution in [-0.4, -0.2) is 33.5 Å². The highest BCUT2D eigenvalue weighted by molar-refractivity contribution is 9.10. The van der Waals surface area contributed by atoms with Crippen LogP contribution in [-0.2, 0) is 15.7 Å². The number of benzene rings is 1. The molecule has 1 aromatic carbocycles. The van der Waals surface area contributed by atoms with Gasteiger partial charge in [-0.3, -0.25) is 0 Å². The smallest absolute Gasteiger partial charge is 0.384 e. The van der Waals surface area contributed by atoms with Gasteiger partial charge >= 0.3 is 6.18 Å². The van der Waals surface area contributed by atoms with E-state index in [4.69, 9.17) is 9.47 Å². The molecule has 0 radical (unpaired) electrons. The molecule has 0 spiro atoms. The normalized spacial score (nSPS) is 11.7. The molecule has 0 heterocycles. The molecule has 0 atom stereocenters. The van der Waals surface area contributed by atoms with Gasteiger partial charge in [-0.25, -0.2) is 0 Å². The van der Waals surface area contributed by atoms with Crippen molar-refractivity contribution < 1.29 is 22.6 Å². The first-order valence-electron chi connectivity index (χ1n) is 6.12. The molecule has 0 aliphatic rings. The molecule has 0 saturated carbocycles. The van der Waals surface area contributed by atoms with Crippen LogP contribution >= 0.6 is 15.9 Å². The summed E-state index contributed by atoms with van der Waals surface area (Å²) in [6, 6.07) is 4.06. The summed E-state index contributed by atoms with van der Waals surface area (Å²) >= 11 is 3.05. The molecule has 7 heteroatoms. The summed E-state index contributed by atoms with van der Waals surface area (Å²) in [5, 5.41) is 2.79. The average molecular weight is 356 g/mol. The minimum atomic E-state index is -4.37. The number of hydrogen-bond donors (Lipinski definition) is 1. The average Bonchev–Trinajstić information content (AvgIpc) is 2.38. The van der Waals surface area contributed by atoms with Gasteiger partial charge in [-0.05, 0) is 24.6 Å². The molecule has 0 fully saturated rings. The molecule has 0 unspecified atom stereocenters. The fourth-order valence-corrected chi connectivity index (χ4v) is 1.91. The van der Waals surface area contributed by atoms with Crippen molar-refractivity contribution in [2.24, 2.45) is 0 Å². The van der Waals surface area contributed by atoms with Crippen LogP contribution in [0.25, 0.3) is 0 Å². The zero-order chi connectivity index (χ0) is 15.0. The van der Waals surface area contributed by atoms with Crippen molar-refractivity contribution in [1.29, 1.82) is 0 Å². The molecule has 0 aromatic heterocycles. The van der Waals surface area contributed by atoms with Crippen molar-refractivity contribution >= 4 is 21.6 Å². The quantitative estimate of drug-likeness (QED) is 0.716. The Labute approximate surface area is 124 Å². The summed E-state index contributed by atoms with van der Waals surface area (Å²) in [5.41, 5.74) is -0.593. The van der Waals surface area contributed by atoms with Gasteiger partial charge in [0.25, 0.3) is 0 Å². The highest BCUT2D eigenvalue weighted by Crippen LogP contribution is 2.36. The Morgan fingerprint density at radius 1 is 1.20 bits per heavy atom. The topological polar surface area (TPSA) is 30.5 Å². The highest BCUT2D eigenvalue weighted by Gasteiger charge is 2.33. The van der Waals surface area contributed by atoms with Crippen molar-refractivity contribution in [2.75, 3.05) is 38.8 Å². The Hall–Kier alpha value is -0.790. The van der Waals surface area contributed by atoms with E-state index in [9.17, 15) is 13.2 Å². The van der Waals surface area contributed by atoms with E-state index in [2.05, 4.69) is 21.2 Å². The monoisotopic (exact) mass is 355 g/mol. The van der Waals surface area contributed by atoms with Crippen LogP contribution in [0.2, 0.25) is 0 Å². The Morgan fingerprint density at radius 2 is 1.95 bits per heavy atom. The van der Waals surface area contributed by atoms with Crippen molar-refractivity contribution in [3.63, 3.8) is 0 Å². The highest BCUT2D eigenvalue weighted by atomic mass is 79.9. The summed E-state index contributed by atoms with van der Waals surface area (Å²) in [6.07, 6.45) is -3.75. The molecule has 114 valence electrons. The Morgan fingerprint density at radius 3 is 2.60 bits per heavy atom. The molecule has 0 saturated heterocycles. The van der Waals surface area contributed by atoms with Crippen molar-refractivity contribution in [2.45, 2.75) is 12.6 Å². The molecular formula is C13H17BrF3NO2. The van der Waals surface area contributed by atoms with Crippen LogP contribution in [0.15, 0.2) is 22.7 Å². The first kappa shape index (κ1) is 17.3. The number of alkyl halides is 3. The Balaban J connectivity index is 2.44. The van der Waals surface area contributed by atoms with Crippen LogP contribution in [0.5, 0.6) is 0 Å². The third kappa shape index (κ3) is 6.11. The second-order valence-electron chi connectivity index (χ2n) is 4.07. The van der Waals surface area contributed by atoms with E-state index in [0.717, 1.165) is 6.07 Å². The predicted molar refractivity (Wildman–Crippen MR) is 74.9 cm³/mol. The lowest BCUT2D eigenvalue weighted by molar-refractivity contribution is -0.137. The van der Waals surface area contributed by atoms with E-state index in [-0.39, 0.29) is 5.69 Å². The van der Waals surface area contributed by atoms with Crippen molar-refractivity contribution in [3.8, 4) is 0 Å². The van der Waals surface area contributed by atoms with Gasteiger partial charge in [-0.15, -0.1) is 0 Å². The zero-order valence-electron chi connectivity index (χ0n) is 11.1. The second kappa shape index (κ2) is 8.49. The number of rotatable bonds is 8. The lowest BCUT2D eigenvalue weighted by Crippen LogP contribution is -2.13. The minimum absolute atomic E-state index is 0.0811. The molecule has 3 nitrogen and oxygen atoms in total. The van der Waals surface area contributed by atoms with Crippen LogP contribution in [0, 0.1) is 0 Å². The van der Waals surface area contributed by atoms with Crippen molar-refractivity contribution in [3.05, 3.63) is 28.2 Å². The Bertz CT molecular complexity index is 413. The molecule has 0 amide bonds. The number of methoxy groups -OCH3 is 1. The number of ether oxygens (including phenoxy) is 2. The second-order valence-corrected chi connectivity index (χ2v) is 4.99. The summed E-state index contributed by atoms with van der Waals surface area (Å²) in [7, 11) is 1.58. The maximum Gasteiger partial charge on any atom is 0.418 e. The molecular weight excluding hydrogens is 339 g/mol. The Kier molecular flexibility index (Phi) is 7.32. The SMILES string of the molecule is COCCOCCCNc1ccc(Br)cc1C(F)(F)F. The maximum absolute atomic E-state index is 12.8. The number of hydrogen-bond acceptors (Lipinski definition) is 3. The lowest BCUT2D eigenvalue weighted by atomic mass is 10.1. The van der Waals surface area contributed by atoms with Gasteiger partial charge in [0.15, 0.2) is 0 Å². The molecule has 0 bridgehead atoms. The molecule has 0 aliphatic heterocycles. The number of halogens is 4. The number of anilines is 1. The van der Waals surface area contributed by atoms with Crippen LogP contribution in [0.4, 0.5) is 18.9 Å². The van der Waals surface area contributed by atoms with E-state index in [0.29, 0.717) is 37.3 Å². The third-order valence-electron chi connectivity index (χ3n) is 2.50. The van der Waals surface area contributed by atoms with E-state index >= 15 is 0 Å². The van der Waals surface area contributed by atoms with E-state index in [1.165, 1.54) is 6.07 Å². The summed E-state index contributed by atoms with van der Waals surface area (Å²) in [6.45, 7) is 1.90. The van der Waals surface area contributed by atoms with E-state index in [1.807, 2.05) is 0 Å². The molecule has 20 heavy (non-hydrogen) atoms. The summed E-state index contributed by atoms with van der Waals surface area (Å²) in [4.78, 5) is 0. The van der Waals surface area contributed by atoms with Gasteiger partial charge in [0.1, 0.15) is 0 Å². The van der Waals surface area contributed by atoms with Gasteiger partial charge < -0.3 is 14.8 Å². The fraction of sp³-hybridized carbons (Fsp3) is 0.538. The number of nitrogens with one attached hydrogen (secondary N) is 1. The molecule has 1 aromatic rings. The lowest BCUT2D eigenvalue weighted by Gasteiger charge is -2.15. The van der Waals surface area contributed by atoms with Crippen LogP contribution < -0.4 is 5.32 Å². The molecule has 1 N–H and O–H groups in total. The molecule has 1 rings (SSSR count). The third-order valence-corrected chi connectivity index (χ3v) is 2.99. The van der Waals surface area contributed by atoms with E-state index in [1.54, 1.807) is 13.2 Å². The van der Waals surface area contributed by atoms with Crippen LogP contribution in [0.3, 0.4) is 0 Å². The maximum atomic E-state index is 12.8. The van der Waals surface area contributed by atoms with E-state index < -0.39 is 11.7 Å². The van der Waals surface area contributed by atoms with Gasteiger partial charge in [0.2, 0.25) is 0 Å². The van der Waals surface area contributed by atoms with Gasteiger partial charge in [0, 0.05) is 30.4 Å². The van der Waals surface area contributed by atoms with Crippen LogP contribution in [0.1, 0.15) is 12.0 Å². The van der Waals surface area contributed by atoms with Crippen molar-refractivity contribution in [1.82, 2.24) is 0 Å². The fourth-order valence-electron chi connectivity index (χ4n) is 1.55. The largest absolute Gasteiger partial charge is 0.418 e. The minimum Gasteiger partial charge on any atom is -0.384 e. The summed E-state index contributed by atoms with van der Waals surface area (Å²) in [5.74, 6) is 0. The first-order chi connectivity index (χ1) is 9.45. The van der Waals surface area contributed by atoms with Gasteiger partial charge in [0.05, 0.1) is 18.8 Å². The first-order valence-corrected chi connectivity index (χ1v) is 6.91.